The van der Waals surface area contributed by atoms with Crippen molar-refractivity contribution in [2.24, 2.45) is 0 Å². The van der Waals surface area contributed by atoms with Gasteiger partial charge in [0.15, 0.2) is 5.78 Å². The first-order chi connectivity index (χ1) is 9.44. The van der Waals surface area contributed by atoms with Crippen LogP contribution in [0.5, 0.6) is 5.75 Å². The first-order valence-corrected chi connectivity index (χ1v) is 4.99. The smallest absolute Gasteiger partial charge is 0.185 e. The fourth-order valence-electron chi connectivity index (χ4n) is 1.33. The van der Waals surface area contributed by atoms with E-state index in [4.69, 9.17) is 13.3 Å². The van der Waals surface area contributed by atoms with Gasteiger partial charge in [-0.05, 0) is 48.6 Å². The maximum atomic E-state index is 11.9. The molecule has 0 amide bonds. The van der Waals surface area contributed by atoms with Gasteiger partial charge >= 0.3 is 0 Å². The van der Waals surface area contributed by atoms with Gasteiger partial charge in [-0.25, -0.2) is 0 Å². The average Bonchev–Trinajstić information content (AvgIpc) is 2.88. The summed E-state index contributed by atoms with van der Waals surface area (Å²) >= 11 is 0. The van der Waals surface area contributed by atoms with Crippen LogP contribution in [0.25, 0.3) is 6.08 Å². The third-order valence-corrected chi connectivity index (χ3v) is 2.20. The number of carbonyl (C=O) groups excluding carboxylic acids is 1. The lowest BCUT2D eigenvalue weighted by atomic mass is 10.1. The lowest BCUT2D eigenvalue weighted by molar-refractivity contribution is 0.104. The van der Waals surface area contributed by atoms with E-state index in [1.165, 1.54) is 36.6 Å². The zero-order valence-corrected chi connectivity index (χ0v) is 8.92. The molecule has 0 saturated heterocycles. The molecule has 1 heterocycles. The minimum atomic E-state index is -2.50. The van der Waals surface area contributed by atoms with E-state index in [9.17, 15) is 4.79 Å². The van der Waals surface area contributed by atoms with Gasteiger partial charge in [0.2, 0.25) is 0 Å². The molecule has 86 valence electrons. The molecule has 0 spiro atoms. The molecule has 0 aliphatic heterocycles. The Bertz CT molecular complexity index is 596. The summed E-state index contributed by atoms with van der Waals surface area (Å²) in [7, 11) is -2.50. The van der Waals surface area contributed by atoms with E-state index >= 15 is 0 Å². The van der Waals surface area contributed by atoms with Gasteiger partial charge in [0, 0.05) is 5.56 Å². The molecule has 0 aliphatic carbocycles. The number of hydrogen-bond donors (Lipinski definition) is 0. The van der Waals surface area contributed by atoms with Crippen LogP contribution in [0.1, 0.15) is 20.2 Å². The number of rotatable bonds is 4. The van der Waals surface area contributed by atoms with Crippen molar-refractivity contribution in [3.8, 4) is 5.75 Å². The molecule has 0 aliphatic rings. The first-order valence-electron chi connectivity index (χ1n) is 6.49. The number of furan rings is 1. The van der Waals surface area contributed by atoms with Gasteiger partial charge in [0.25, 0.3) is 0 Å². The molecular weight excluding hydrogens is 216 g/mol. The summed E-state index contributed by atoms with van der Waals surface area (Å²) < 4.78 is 30.7. The van der Waals surface area contributed by atoms with E-state index in [0.29, 0.717) is 11.3 Å². The van der Waals surface area contributed by atoms with Gasteiger partial charge in [0.1, 0.15) is 11.5 Å². The molecular formula is C14H12O3. The Kier molecular flexibility index (Phi) is 2.40. The van der Waals surface area contributed by atoms with Gasteiger partial charge in [-0.3, -0.25) is 4.79 Å². The summed E-state index contributed by atoms with van der Waals surface area (Å²) in [6.07, 6.45) is 4.47. The van der Waals surface area contributed by atoms with E-state index in [1.54, 1.807) is 18.2 Å². The maximum Gasteiger partial charge on any atom is 0.185 e. The van der Waals surface area contributed by atoms with Crippen LogP contribution in [-0.2, 0) is 0 Å². The van der Waals surface area contributed by atoms with Crippen molar-refractivity contribution in [3.63, 3.8) is 0 Å². The van der Waals surface area contributed by atoms with Crippen LogP contribution < -0.4 is 4.74 Å². The zero-order valence-electron chi connectivity index (χ0n) is 11.9. The normalized spacial score (nSPS) is 14.0. The van der Waals surface area contributed by atoms with Crippen molar-refractivity contribution in [3.05, 3.63) is 60.1 Å². The number of carbonyl (C=O) groups is 1. The van der Waals surface area contributed by atoms with E-state index in [1.807, 2.05) is 0 Å². The summed E-state index contributed by atoms with van der Waals surface area (Å²) in [5, 5.41) is 0. The molecule has 3 heteroatoms. The Morgan fingerprint density at radius 3 is 2.82 bits per heavy atom. The molecule has 0 N–H and O–H groups in total. The van der Waals surface area contributed by atoms with Crippen molar-refractivity contribution in [1.29, 1.82) is 0 Å². The average molecular weight is 231 g/mol. The monoisotopic (exact) mass is 231 g/mol. The molecule has 1 aromatic heterocycles. The molecule has 3 nitrogen and oxygen atoms in total. The van der Waals surface area contributed by atoms with Crippen LogP contribution >= 0.6 is 0 Å². The van der Waals surface area contributed by atoms with Crippen molar-refractivity contribution in [2.45, 2.75) is 0 Å². The second kappa shape index (κ2) is 5.16. The molecule has 2 aromatic rings. The third kappa shape index (κ3) is 2.84. The lowest BCUT2D eigenvalue weighted by Gasteiger charge is -1.99. The second-order valence-corrected chi connectivity index (χ2v) is 3.34. The number of benzene rings is 1. The Labute approximate surface area is 104 Å². The third-order valence-electron chi connectivity index (χ3n) is 2.20. The number of hydrogen-bond acceptors (Lipinski definition) is 3. The highest BCUT2D eigenvalue weighted by atomic mass is 16.5. The van der Waals surface area contributed by atoms with Crippen LogP contribution in [0.3, 0.4) is 0 Å². The summed E-state index contributed by atoms with van der Waals surface area (Å²) in [6, 6.07) is 9.37. The zero-order chi connectivity index (χ0) is 14.6. The second-order valence-electron chi connectivity index (χ2n) is 3.34. The predicted molar refractivity (Wildman–Crippen MR) is 65.1 cm³/mol. The first kappa shape index (κ1) is 7.90. The molecule has 0 bridgehead atoms. The highest BCUT2D eigenvalue weighted by molar-refractivity contribution is 6.06. The molecule has 2 rings (SSSR count). The molecule has 1 aromatic carbocycles. The summed E-state index contributed by atoms with van der Waals surface area (Å²) in [5.74, 6) is 0.569. The summed E-state index contributed by atoms with van der Waals surface area (Å²) in [5.41, 5.74) is 0.436. The number of methoxy groups -OCH3 is 1. The fourth-order valence-corrected chi connectivity index (χ4v) is 1.33. The molecule has 17 heavy (non-hydrogen) atoms. The van der Waals surface area contributed by atoms with E-state index < -0.39 is 7.04 Å². The van der Waals surface area contributed by atoms with E-state index in [2.05, 4.69) is 0 Å². The van der Waals surface area contributed by atoms with Crippen molar-refractivity contribution in [2.75, 3.05) is 7.04 Å². The van der Waals surface area contributed by atoms with Gasteiger partial charge in [-0.1, -0.05) is 0 Å². The van der Waals surface area contributed by atoms with E-state index in [0.717, 1.165) is 0 Å². The maximum absolute atomic E-state index is 11.9. The largest absolute Gasteiger partial charge is 0.497 e. The molecule has 0 unspecified atom stereocenters. The van der Waals surface area contributed by atoms with Crippen LogP contribution in [0.2, 0.25) is 0 Å². The predicted octanol–water partition coefficient (Wildman–Crippen LogP) is 3.18. The highest BCUT2D eigenvalue weighted by Crippen LogP contribution is 2.12. The number of ketones is 1. The lowest BCUT2D eigenvalue weighted by Crippen LogP contribution is -1.93. The fraction of sp³-hybridized carbons (Fsp3) is 0.0714. The summed E-state index contributed by atoms with van der Waals surface area (Å²) in [4.78, 5) is 11.9. The number of ether oxygens (including phenoxy) is 1. The number of allylic oxidation sites excluding steroid dienone is 1. The minimum absolute atomic E-state index is 0.191. The highest BCUT2D eigenvalue weighted by Gasteiger charge is 2.01. The Hall–Kier alpha value is -2.29. The molecule has 0 saturated carbocycles. The van der Waals surface area contributed by atoms with Crippen LogP contribution in [0, 0.1) is 0 Å². The Morgan fingerprint density at radius 2 is 2.18 bits per heavy atom. The van der Waals surface area contributed by atoms with Crippen LogP contribution in [0.15, 0.2) is 53.2 Å². The van der Waals surface area contributed by atoms with Crippen molar-refractivity contribution >= 4 is 11.9 Å². The van der Waals surface area contributed by atoms with Crippen LogP contribution in [-0.4, -0.2) is 12.8 Å². The molecule has 0 atom stereocenters. The SMILES string of the molecule is [2H]C([2H])([2H])Oc1ccc(C(=O)/C=C/c2ccco2)cc1. The van der Waals surface area contributed by atoms with Crippen molar-refractivity contribution < 1.29 is 18.1 Å². The topological polar surface area (TPSA) is 39.4 Å². The van der Waals surface area contributed by atoms with Gasteiger partial charge < -0.3 is 9.15 Å². The standard InChI is InChI=1S/C14H12O3/c1-16-12-6-4-11(5-7-12)14(15)9-8-13-3-2-10-17-13/h2-10H,1H3/b9-8+/i1D3. The molecule has 0 radical (unpaired) electrons. The Balaban J connectivity index is 2.04. The molecule has 0 fully saturated rings. The van der Waals surface area contributed by atoms with Crippen molar-refractivity contribution in [1.82, 2.24) is 0 Å². The van der Waals surface area contributed by atoms with Gasteiger partial charge in [-0.2, -0.15) is 0 Å². The summed E-state index contributed by atoms with van der Waals surface area (Å²) in [6.45, 7) is 0. The minimum Gasteiger partial charge on any atom is -0.497 e. The quantitative estimate of drug-likeness (QED) is 0.599. The Morgan fingerprint density at radius 1 is 1.35 bits per heavy atom. The van der Waals surface area contributed by atoms with Gasteiger partial charge in [0.05, 0.1) is 17.4 Å². The van der Waals surface area contributed by atoms with E-state index in [-0.39, 0.29) is 11.5 Å². The van der Waals surface area contributed by atoms with Crippen LogP contribution in [0.4, 0.5) is 0 Å². The van der Waals surface area contributed by atoms with Gasteiger partial charge in [-0.15, -0.1) is 0 Å².